The third-order valence-corrected chi connectivity index (χ3v) is 5.18. The summed E-state index contributed by atoms with van der Waals surface area (Å²) in [7, 11) is 4.11. The van der Waals surface area contributed by atoms with Crippen molar-refractivity contribution in [2.45, 2.75) is 25.7 Å². The zero-order valence-electron chi connectivity index (χ0n) is 16.8. The molecule has 0 aliphatic heterocycles. The Morgan fingerprint density at radius 3 is 2.71 bits per heavy atom. The predicted molar refractivity (Wildman–Crippen MR) is 111 cm³/mol. The van der Waals surface area contributed by atoms with E-state index in [2.05, 4.69) is 43.5 Å². The molecule has 0 fully saturated rings. The van der Waals surface area contributed by atoms with E-state index >= 15 is 0 Å². The molecule has 3 aromatic rings. The number of hydrogen-bond acceptors (Lipinski definition) is 1. The Hall–Kier alpha value is -2.66. The molecule has 4 nitrogen and oxygen atoms in total. The van der Waals surface area contributed by atoms with E-state index in [0.29, 0.717) is 6.54 Å². The first-order valence-electron chi connectivity index (χ1n) is 9.89. The highest BCUT2D eigenvalue weighted by Crippen LogP contribution is 2.34. The molecular formula is C23H29FN3O+. The quantitative estimate of drug-likeness (QED) is 0.551. The molecule has 0 spiro atoms. The highest BCUT2D eigenvalue weighted by molar-refractivity contribution is 5.88. The summed E-state index contributed by atoms with van der Waals surface area (Å²) in [4.78, 5) is 17.3. The van der Waals surface area contributed by atoms with Gasteiger partial charge < -0.3 is 15.2 Å². The summed E-state index contributed by atoms with van der Waals surface area (Å²) < 4.78 is 13.9. The fourth-order valence-electron chi connectivity index (χ4n) is 3.66. The lowest BCUT2D eigenvalue weighted by molar-refractivity contribution is -0.856. The molecule has 2 aromatic carbocycles. The molecule has 1 atom stereocenters. The molecule has 0 aliphatic carbocycles. The van der Waals surface area contributed by atoms with Crippen LogP contribution in [0.5, 0.6) is 0 Å². The fourth-order valence-corrected chi connectivity index (χ4v) is 3.66. The van der Waals surface area contributed by atoms with Crippen molar-refractivity contribution in [1.29, 1.82) is 0 Å². The van der Waals surface area contributed by atoms with Crippen LogP contribution >= 0.6 is 0 Å². The minimum Gasteiger partial charge on any atom is -0.361 e. The fraction of sp³-hybridized carbons (Fsp3) is 0.348. The van der Waals surface area contributed by atoms with Gasteiger partial charge in [-0.25, -0.2) is 4.39 Å². The molecule has 0 aliphatic rings. The molecule has 3 rings (SSSR count). The van der Waals surface area contributed by atoms with Gasteiger partial charge in [0, 0.05) is 29.4 Å². The Kier molecular flexibility index (Phi) is 6.47. The summed E-state index contributed by atoms with van der Waals surface area (Å²) in [5.41, 5.74) is 4.18. The van der Waals surface area contributed by atoms with Crippen LogP contribution in [0, 0.1) is 5.82 Å². The average Bonchev–Trinajstić information content (AvgIpc) is 3.09. The van der Waals surface area contributed by atoms with Gasteiger partial charge in [0.15, 0.2) is 0 Å². The number of benzene rings is 2. The summed E-state index contributed by atoms with van der Waals surface area (Å²) in [6, 6.07) is 12.8. The Labute approximate surface area is 165 Å². The number of aromatic nitrogens is 1. The Morgan fingerprint density at radius 2 is 2.00 bits per heavy atom. The number of H-pyrrole nitrogens is 1. The number of hydrogen-bond donors (Lipinski definition) is 3. The van der Waals surface area contributed by atoms with Gasteiger partial charge in [-0.15, -0.1) is 0 Å². The normalized spacial score (nSPS) is 12.5. The second-order valence-electron chi connectivity index (χ2n) is 7.56. The molecule has 5 heteroatoms. The zero-order chi connectivity index (χ0) is 20.1. The van der Waals surface area contributed by atoms with Crippen LogP contribution in [0.1, 0.15) is 36.0 Å². The molecule has 1 heterocycles. The van der Waals surface area contributed by atoms with Crippen LogP contribution in [0.4, 0.5) is 4.39 Å². The molecular weight excluding hydrogens is 353 g/mol. The number of amides is 1. The Morgan fingerprint density at radius 1 is 1.21 bits per heavy atom. The van der Waals surface area contributed by atoms with E-state index < -0.39 is 0 Å². The van der Waals surface area contributed by atoms with Gasteiger partial charge in [0.25, 0.3) is 0 Å². The SMILES string of the molecule is CCc1cccc2c([C@H](CC(=O)NCC[NH+](C)C)c3cccc(F)c3)c[nH]c12. The molecule has 0 saturated carbocycles. The molecule has 1 amide bonds. The second kappa shape index (κ2) is 9.02. The summed E-state index contributed by atoms with van der Waals surface area (Å²) in [6.45, 7) is 3.62. The van der Waals surface area contributed by atoms with E-state index in [1.165, 1.54) is 22.6 Å². The first-order chi connectivity index (χ1) is 13.5. The number of nitrogens with one attached hydrogen (secondary N) is 3. The molecule has 148 valence electrons. The van der Waals surface area contributed by atoms with Gasteiger partial charge in [-0.2, -0.15) is 0 Å². The van der Waals surface area contributed by atoms with Crippen LogP contribution in [0.25, 0.3) is 10.9 Å². The number of quaternary nitrogens is 1. The highest BCUT2D eigenvalue weighted by Gasteiger charge is 2.22. The van der Waals surface area contributed by atoms with Gasteiger partial charge in [-0.05, 0) is 35.2 Å². The maximum Gasteiger partial charge on any atom is 0.221 e. The monoisotopic (exact) mass is 382 g/mol. The number of likely N-dealkylation sites (N-methyl/N-ethyl adjacent to an activating group) is 1. The number of carbonyl (C=O) groups excluding carboxylic acids is 1. The van der Waals surface area contributed by atoms with E-state index in [0.717, 1.165) is 35.0 Å². The van der Waals surface area contributed by atoms with Crippen molar-refractivity contribution < 1.29 is 14.1 Å². The van der Waals surface area contributed by atoms with Crippen LogP contribution < -0.4 is 10.2 Å². The summed E-state index contributed by atoms with van der Waals surface area (Å²) in [5.74, 6) is -0.507. The minimum absolute atomic E-state index is 0.0171. The number of aryl methyl sites for hydroxylation is 1. The Balaban J connectivity index is 1.94. The molecule has 3 N–H and O–H groups in total. The van der Waals surface area contributed by atoms with Gasteiger partial charge in [0.1, 0.15) is 5.82 Å². The lowest BCUT2D eigenvalue weighted by Crippen LogP contribution is -3.06. The molecule has 0 bridgehead atoms. The number of fused-ring (bicyclic) bond motifs is 1. The number of carbonyl (C=O) groups is 1. The number of rotatable bonds is 8. The Bertz CT molecular complexity index is 948. The molecule has 1 aromatic heterocycles. The van der Waals surface area contributed by atoms with Crippen molar-refractivity contribution in [3.05, 3.63) is 71.2 Å². The second-order valence-corrected chi connectivity index (χ2v) is 7.56. The summed E-state index contributed by atoms with van der Waals surface area (Å²) in [5, 5.41) is 4.09. The van der Waals surface area contributed by atoms with E-state index in [9.17, 15) is 9.18 Å². The molecule has 28 heavy (non-hydrogen) atoms. The van der Waals surface area contributed by atoms with Crippen molar-refractivity contribution in [1.82, 2.24) is 10.3 Å². The number of para-hydroxylation sites is 1. The van der Waals surface area contributed by atoms with Gasteiger partial charge >= 0.3 is 0 Å². The van der Waals surface area contributed by atoms with E-state index in [1.54, 1.807) is 6.07 Å². The lowest BCUT2D eigenvalue weighted by Gasteiger charge is -2.18. The smallest absolute Gasteiger partial charge is 0.221 e. The van der Waals surface area contributed by atoms with Crippen molar-refractivity contribution in [3.8, 4) is 0 Å². The first kappa shape index (κ1) is 20.1. The molecule has 0 saturated heterocycles. The van der Waals surface area contributed by atoms with Crippen molar-refractivity contribution in [2.24, 2.45) is 0 Å². The topological polar surface area (TPSA) is 49.3 Å². The lowest BCUT2D eigenvalue weighted by atomic mass is 9.87. The van der Waals surface area contributed by atoms with Crippen molar-refractivity contribution >= 4 is 16.8 Å². The van der Waals surface area contributed by atoms with Gasteiger partial charge in [0.05, 0.1) is 27.2 Å². The maximum atomic E-state index is 13.9. The minimum atomic E-state index is -0.284. The summed E-state index contributed by atoms with van der Waals surface area (Å²) >= 11 is 0. The van der Waals surface area contributed by atoms with Crippen LogP contribution in [0.15, 0.2) is 48.7 Å². The standard InChI is InChI=1S/C23H28FN3O/c1-4-16-7-6-10-19-21(15-26-23(16)19)20(17-8-5-9-18(24)13-17)14-22(28)25-11-12-27(2)3/h5-10,13,15,20,26H,4,11-12,14H2,1-3H3,(H,25,28)/p+1/t20-/m1/s1. The maximum absolute atomic E-state index is 13.9. The van der Waals surface area contributed by atoms with Crippen LogP contribution in [-0.2, 0) is 11.2 Å². The summed E-state index contributed by atoms with van der Waals surface area (Å²) in [6.07, 6.45) is 3.18. The predicted octanol–water partition coefficient (Wildman–Crippen LogP) is 2.65. The van der Waals surface area contributed by atoms with Crippen LogP contribution in [0.3, 0.4) is 0 Å². The van der Waals surface area contributed by atoms with E-state index in [4.69, 9.17) is 0 Å². The third kappa shape index (κ3) is 4.60. The largest absolute Gasteiger partial charge is 0.361 e. The van der Waals surface area contributed by atoms with Crippen LogP contribution in [0.2, 0.25) is 0 Å². The van der Waals surface area contributed by atoms with Gasteiger partial charge in [0.2, 0.25) is 5.91 Å². The average molecular weight is 383 g/mol. The number of aromatic amines is 1. The van der Waals surface area contributed by atoms with Crippen molar-refractivity contribution in [3.63, 3.8) is 0 Å². The number of halogens is 1. The third-order valence-electron chi connectivity index (χ3n) is 5.18. The molecule has 0 unspecified atom stereocenters. The highest BCUT2D eigenvalue weighted by atomic mass is 19.1. The first-order valence-corrected chi connectivity index (χ1v) is 9.89. The molecule has 0 radical (unpaired) electrons. The van der Waals surface area contributed by atoms with E-state index in [-0.39, 0.29) is 24.1 Å². The van der Waals surface area contributed by atoms with Gasteiger partial charge in [-0.1, -0.05) is 37.3 Å². The zero-order valence-corrected chi connectivity index (χ0v) is 16.8. The van der Waals surface area contributed by atoms with E-state index in [1.807, 2.05) is 18.3 Å². The van der Waals surface area contributed by atoms with Crippen molar-refractivity contribution in [2.75, 3.05) is 27.2 Å². The van der Waals surface area contributed by atoms with Gasteiger partial charge in [-0.3, -0.25) is 4.79 Å². The van der Waals surface area contributed by atoms with Crippen LogP contribution in [-0.4, -0.2) is 38.1 Å².